The highest BCUT2D eigenvalue weighted by Gasteiger charge is 2.33. The lowest BCUT2D eigenvalue weighted by atomic mass is 9.77. The van der Waals surface area contributed by atoms with Crippen LogP contribution < -0.4 is 9.47 Å². The maximum atomic E-state index is 12.9. The maximum absolute atomic E-state index is 12.9. The lowest BCUT2D eigenvalue weighted by molar-refractivity contribution is 0.104. The summed E-state index contributed by atoms with van der Waals surface area (Å²) in [6, 6.07) is 11.3. The number of hydrogen-bond donors (Lipinski definition) is 1. The molecule has 1 aliphatic heterocycles. The predicted molar refractivity (Wildman–Crippen MR) is 114 cm³/mol. The third kappa shape index (κ3) is 3.70. The molecule has 0 aromatic heterocycles. The highest BCUT2D eigenvalue weighted by atomic mass is 16.5. The molecule has 0 spiro atoms. The van der Waals surface area contributed by atoms with E-state index < -0.39 is 0 Å². The summed E-state index contributed by atoms with van der Waals surface area (Å²) in [4.78, 5) is 12.9. The Bertz CT molecular complexity index is 1040. The van der Waals surface area contributed by atoms with Crippen molar-refractivity contribution >= 4 is 17.9 Å². The lowest BCUT2D eigenvalue weighted by Gasteiger charge is -2.34. The molecule has 148 valence electrons. The van der Waals surface area contributed by atoms with Crippen LogP contribution in [-0.2, 0) is 0 Å². The van der Waals surface area contributed by atoms with Gasteiger partial charge in [0.25, 0.3) is 0 Å². The number of carbonyl (C=O) groups excluding carboxylic acids is 1. The van der Waals surface area contributed by atoms with Crippen molar-refractivity contribution in [1.82, 2.24) is 0 Å². The maximum Gasteiger partial charge on any atom is 0.193 e. The number of methoxy groups -OCH3 is 1. The van der Waals surface area contributed by atoms with Crippen molar-refractivity contribution in [3.05, 3.63) is 76.9 Å². The molecule has 2 aliphatic rings. The topological polar surface area (TPSA) is 55.8 Å². The van der Waals surface area contributed by atoms with Gasteiger partial charge in [-0.2, -0.15) is 0 Å². The van der Waals surface area contributed by atoms with Crippen molar-refractivity contribution in [2.75, 3.05) is 7.11 Å². The normalized spacial score (nSPS) is 19.1. The van der Waals surface area contributed by atoms with E-state index in [2.05, 4.69) is 19.9 Å². The summed E-state index contributed by atoms with van der Waals surface area (Å²) in [5, 5.41) is 10.9. The summed E-state index contributed by atoms with van der Waals surface area (Å²) < 4.78 is 11.5. The molecule has 0 fully saturated rings. The van der Waals surface area contributed by atoms with E-state index in [0.29, 0.717) is 11.5 Å². The Labute approximate surface area is 170 Å². The zero-order valence-corrected chi connectivity index (χ0v) is 16.8. The van der Waals surface area contributed by atoms with Crippen LogP contribution in [0.2, 0.25) is 0 Å². The molecule has 0 bridgehead atoms. The Morgan fingerprint density at radius 2 is 2.03 bits per heavy atom. The average Bonchev–Trinajstić information content (AvgIpc) is 2.70. The Morgan fingerprint density at radius 1 is 1.28 bits per heavy atom. The molecule has 29 heavy (non-hydrogen) atoms. The van der Waals surface area contributed by atoms with E-state index in [1.807, 2.05) is 42.5 Å². The molecule has 1 atom stereocenters. The van der Waals surface area contributed by atoms with Gasteiger partial charge >= 0.3 is 0 Å². The quantitative estimate of drug-likeness (QED) is 0.431. The Hall–Kier alpha value is -3.27. The second-order valence-electron chi connectivity index (χ2n) is 8.11. The number of phenolic OH excluding ortho intramolecular Hbond substituents is 1. The molecule has 1 aliphatic carbocycles. The number of ketones is 1. The number of phenols is 1. The van der Waals surface area contributed by atoms with Crippen molar-refractivity contribution < 1.29 is 19.4 Å². The Kier molecular flexibility index (Phi) is 4.79. The highest BCUT2D eigenvalue weighted by molar-refractivity contribution is 6.11. The van der Waals surface area contributed by atoms with E-state index in [9.17, 15) is 9.90 Å². The van der Waals surface area contributed by atoms with Crippen molar-refractivity contribution in [1.29, 1.82) is 0 Å². The largest absolute Gasteiger partial charge is 0.504 e. The van der Waals surface area contributed by atoms with Crippen LogP contribution in [0.1, 0.15) is 41.8 Å². The predicted octanol–water partition coefficient (Wildman–Crippen LogP) is 5.43. The van der Waals surface area contributed by atoms with Gasteiger partial charge in [0.15, 0.2) is 17.3 Å². The minimum Gasteiger partial charge on any atom is -0.504 e. The van der Waals surface area contributed by atoms with Gasteiger partial charge in [0.05, 0.1) is 7.11 Å². The fourth-order valence-electron chi connectivity index (χ4n) is 3.83. The van der Waals surface area contributed by atoms with E-state index in [-0.39, 0.29) is 28.6 Å². The van der Waals surface area contributed by atoms with Crippen LogP contribution in [0, 0.1) is 5.41 Å². The van der Waals surface area contributed by atoms with Gasteiger partial charge in [-0.25, -0.2) is 0 Å². The summed E-state index contributed by atoms with van der Waals surface area (Å²) in [6.45, 7) is 4.35. The fraction of sp³-hybridized carbons (Fsp3) is 0.240. The molecule has 2 aromatic rings. The second-order valence-corrected chi connectivity index (χ2v) is 8.11. The molecule has 0 unspecified atom stereocenters. The molecule has 0 amide bonds. The van der Waals surface area contributed by atoms with Crippen molar-refractivity contribution in [3.63, 3.8) is 0 Å². The summed E-state index contributed by atoms with van der Waals surface area (Å²) in [5.41, 5.74) is 2.94. The van der Waals surface area contributed by atoms with Gasteiger partial charge in [0, 0.05) is 5.56 Å². The van der Waals surface area contributed by atoms with E-state index in [1.165, 1.54) is 13.2 Å². The fourth-order valence-corrected chi connectivity index (χ4v) is 3.83. The zero-order chi connectivity index (χ0) is 20.6. The van der Waals surface area contributed by atoms with Gasteiger partial charge < -0.3 is 14.6 Å². The van der Waals surface area contributed by atoms with Crippen molar-refractivity contribution in [3.8, 4) is 17.2 Å². The summed E-state index contributed by atoms with van der Waals surface area (Å²) >= 11 is 0. The zero-order valence-electron chi connectivity index (χ0n) is 16.8. The minimum absolute atomic E-state index is 0.0630. The molecule has 0 radical (unpaired) electrons. The number of hydrogen-bond acceptors (Lipinski definition) is 4. The second kappa shape index (κ2) is 7.28. The Morgan fingerprint density at radius 3 is 2.76 bits per heavy atom. The Balaban J connectivity index is 1.73. The smallest absolute Gasteiger partial charge is 0.193 e. The molecule has 4 rings (SSSR count). The first-order valence-electron chi connectivity index (χ1n) is 9.66. The van der Waals surface area contributed by atoms with Crippen LogP contribution in [0.5, 0.6) is 17.2 Å². The van der Waals surface area contributed by atoms with Crippen LogP contribution in [-0.4, -0.2) is 24.1 Å². The van der Waals surface area contributed by atoms with Gasteiger partial charge in [-0.15, -0.1) is 0 Å². The SMILES string of the molecule is COc1cc2c(c(O)c1C(=O)/C=C/c1ccccc1)O[C@@H]1C=CC(C)(C)CC1=C2. The van der Waals surface area contributed by atoms with Crippen LogP contribution in [0.3, 0.4) is 0 Å². The number of carbonyl (C=O) groups is 1. The molecule has 1 heterocycles. The van der Waals surface area contributed by atoms with Gasteiger partial charge in [-0.05, 0) is 47.3 Å². The van der Waals surface area contributed by atoms with E-state index in [0.717, 1.165) is 23.1 Å². The summed E-state index contributed by atoms with van der Waals surface area (Å²) in [6.07, 6.45) is 9.98. The van der Waals surface area contributed by atoms with E-state index in [1.54, 1.807) is 12.1 Å². The molecule has 0 saturated heterocycles. The van der Waals surface area contributed by atoms with E-state index in [4.69, 9.17) is 9.47 Å². The number of allylic oxidation sites excluding steroid dienone is 2. The molecule has 4 nitrogen and oxygen atoms in total. The summed E-state index contributed by atoms with van der Waals surface area (Å²) in [7, 11) is 1.49. The third-order valence-corrected chi connectivity index (χ3v) is 5.27. The number of rotatable bonds is 4. The van der Waals surface area contributed by atoms with Gasteiger partial charge in [0.2, 0.25) is 0 Å². The van der Waals surface area contributed by atoms with Crippen LogP contribution in [0.15, 0.2) is 60.2 Å². The monoisotopic (exact) mass is 388 g/mol. The van der Waals surface area contributed by atoms with Gasteiger partial charge in [0.1, 0.15) is 17.4 Å². The average molecular weight is 388 g/mol. The first-order chi connectivity index (χ1) is 13.9. The number of aromatic hydroxyl groups is 1. The van der Waals surface area contributed by atoms with Crippen LogP contribution in [0.4, 0.5) is 0 Å². The lowest BCUT2D eigenvalue weighted by Crippen LogP contribution is -2.28. The van der Waals surface area contributed by atoms with Crippen molar-refractivity contribution in [2.45, 2.75) is 26.4 Å². The molecule has 4 heteroatoms. The third-order valence-electron chi connectivity index (χ3n) is 5.27. The first-order valence-corrected chi connectivity index (χ1v) is 9.66. The van der Waals surface area contributed by atoms with Gasteiger partial charge in [-0.1, -0.05) is 56.3 Å². The van der Waals surface area contributed by atoms with Crippen LogP contribution in [0.25, 0.3) is 12.2 Å². The molecular weight excluding hydrogens is 364 g/mol. The first kappa shape index (κ1) is 19.1. The number of benzene rings is 2. The summed E-state index contributed by atoms with van der Waals surface area (Å²) in [5.74, 6) is 0.120. The number of fused-ring (bicyclic) bond motifs is 2. The molecule has 1 N–H and O–H groups in total. The minimum atomic E-state index is -0.343. The molecular formula is C25H24O4. The molecule has 2 aromatic carbocycles. The highest BCUT2D eigenvalue weighted by Crippen LogP contribution is 2.47. The van der Waals surface area contributed by atoms with Crippen LogP contribution >= 0.6 is 0 Å². The number of ether oxygens (including phenoxy) is 2. The van der Waals surface area contributed by atoms with E-state index >= 15 is 0 Å². The van der Waals surface area contributed by atoms with Gasteiger partial charge in [-0.3, -0.25) is 4.79 Å². The standard InChI is InChI=1S/C25H24O4/c1-25(2)12-11-20-18(15-25)13-17-14-21(28-3)22(23(27)24(17)29-20)19(26)10-9-16-7-5-4-6-8-16/h4-14,20,27H,15H2,1-3H3/b10-9+/t20-/m1/s1. The van der Waals surface area contributed by atoms with Crippen molar-refractivity contribution in [2.24, 2.45) is 5.41 Å². The molecule has 0 saturated carbocycles.